The topological polar surface area (TPSA) is 70.7 Å². The molecule has 0 fully saturated rings. The summed E-state index contributed by atoms with van der Waals surface area (Å²) in [7, 11) is 0. The molecule has 0 radical (unpaired) electrons. The maximum atomic E-state index is 12.8. The number of pyridine rings is 1. The fraction of sp³-hybridized carbons (Fsp3) is 0.286. The summed E-state index contributed by atoms with van der Waals surface area (Å²) in [4.78, 5) is 17.1. The first-order valence-electron chi connectivity index (χ1n) is 9.09. The third kappa shape index (κ3) is 3.52. The molecule has 0 saturated heterocycles. The van der Waals surface area contributed by atoms with Crippen LogP contribution in [0.25, 0.3) is 11.0 Å². The summed E-state index contributed by atoms with van der Waals surface area (Å²) in [6.45, 7) is 0. The third-order valence-corrected chi connectivity index (χ3v) is 4.95. The number of amides is 1. The number of hydrogen-bond acceptors (Lipinski definition) is 3. The molecule has 0 aliphatic heterocycles. The van der Waals surface area contributed by atoms with Crippen molar-refractivity contribution in [3.63, 3.8) is 0 Å². The minimum Gasteiger partial charge on any atom is -0.347 e. The van der Waals surface area contributed by atoms with Crippen LogP contribution in [0.4, 0.5) is 0 Å². The molecule has 0 saturated carbocycles. The molecule has 26 heavy (non-hydrogen) atoms. The molecule has 2 N–H and O–H groups in total. The number of carbonyl (C=O) groups excluding carboxylic acids is 1. The second-order valence-electron chi connectivity index (χ2n) is 6.74. The lowest BCUT2D eigenvalue weighted by Crippen LogP contribution is -2.35. The van der Waals surface area contributed by atoms with Gasteiger partial charge in [-0.3, -0.25) is 9.89 Å². The van der Waals surface area contributed by atoms with Crippen LogP contribution in [0.2, 0.25) is 0 Å². The number of aromatic nitrogens is 3. The lowest BCUT2D eigenvalue weighted by molar-refractivity contribution is -0.126. The van der Waals surface area contributed by atoms with Crippen molar-refractivity contribution in [3.05, 3.63) is 72.1 Å². The quantitative estimate of drug-likeness (QED) is 0.692. The highest BCUT2D eigenvalue weighted by atomic mass is 16.1. The predicted molar refractivity (Wildman–Crippen MR) is 101 cm³/mol. The molecule has 0 bridgehead atoms. The standard InChI is InChI=1S/C21H22N4O/c26-21(16-10-5-2-6-11-16)23-18(14-15-8-3-1-4-9-15)19-17-12-7-13-22-20(17)25-24-19/h1-5,7-9,12-13,16,18H,6,10-11,14H2,(H,23,26)(H,22,24,25)/t16-,18+/m0/s1. The molecule has 4 rings (SSSR count). The van der Waals surface area contributed by atoms with E-state index in [0.29, 0.717) is 12.1 Å². The molecule has 2 aromatic heterocycles. The number of carbonyl (C=O) groups is 1. The number of fused-ring (bicyclic) bond motifs is 1. The van der Waals surface area contributed by atoms with Gasteiger partial charge in [0.2, 0.25) is 5.91 Å². The van der Waals surface area contributed by atoms with Crippen LogP contribution in [0.15, 0.2) is 60.8 Å². The Kier molecular flexibility index (Phi) is 4.78. The van der Waals surface area contributed by atoms with Crippen molar-refractivity contribution in [1.82, 2.24) is 20.5 Å². The van der Waals surface area contributed by atoms with Crippen molar-refractivity contribution in [2.24, 2.45) is 5.92 Å². The molecule has 3 aromatic rings. The third-order valence-electron chi connectivity index (χ3n) is 4.95. The number of allylic oxidation sites excluding steroid dienone is 2. The largest absolute Gasteiger partial charge is 0.347 e. The predicted octanol–water partition coefficient (Wildman–Crippen LogP) is 3.71. The van der Waals surface area contributed by atoms with Crippen molar-refractivity contribution in [2.45, 2.75) is 31.7 Å². The fourth-order valence-corrected chi connectivity index (χ4v) is 3.53. The van der Waals surface area contributed by atoms with Crippen molar-refractivity contribution in [2.75, 3.05) is 0 Å². The summed E-state index contributed by atoms with van der Waals surface area (Å²) in [6, 6.07) is 13.9. The molecule has 2 atom stereocenters. The van der Waals surface area contributed by atoms with E-state index in [-0.39, 0.29) is 17.9 Å². The zero-order chi connectivity index (χ0) is 17.8. The van der Waals surface area contributed by atoms with Crippen LogP contribution in [-0.2, 0) is 11.2 Å². The van der Waals surface area contributed by atoms with Gasteiger partial charge in [-0.2, -0.15) is 5.10 Å². The van der Waals surface area contributed by atoms with E-state index >= 15 is 0 Å². The Morgan fingerprint density at radius 2 is 2.08 bits per heavy atom. The Morgan fingerprint density at radius 3 is 2.88 bits per heavy atom. The second-order valence-corrected chi connectivity index (χ2v) is 6.74. The van der Waals surface area contributed by atoms with Gasteiger partial charge >= 0.3 is 0 Å². The van der Waals surface area contributed by atoms with Gasteiger partial charge in [0.15, 0.2) is 5.65 Å². The van der Waals surface area contributed by atoms with E-state index in [2.05, 4.69) is 44.8 Å². The summed E-state index contributed by atoms with van der Waals surface area (Å²) >= 11 is 0. The molecule has 5 nitrogen and oxygen atoms in total. The van der Waals surface area contributed by atoms with Crippen molar-refractivity contribution >= 4 is 16.9 Å². The number of aromatic amines is 1. The van der Waals surface area contributed by atoms with Crippen LogP contribution in [0.3, 0.4) is 0 Å². The number of benzene rings is 1. The minimum absolute atomic E-state index is 0.0468. The van der Waals surface area contributed by atoms with E-state index in [1.807, 2.05) is 30.3 Å². The number of hydrogen-bond donors (Lipinski definition) is 2. The molecule has 1 aliphatic rings. The highest BCUT2D eigenvalue weighted by Gasteiger charge is 2.25. The van der Waals surface area contributed by atoms with Crippen LogP contribution in [-0.4, -0.2) is 21.1 Å². The first-order valence-corrected chi connectivity index (χ1v) is 9.09. The van der Waals surface area contributed by atoms with Crippen molar-refractivity contribution < 1.29 is 4.79 Å². The van der Waals surface area contributed by atoms with Crippen LogP contribution < -0.4 is 5.32 Å². The number of rotatable bonds is 5. The van der Waals surface area contributed by atoms with Crippen LogP contribution in [0, 0.1) is 5.92 Å². The first kappa shape index (κ1) is 16.5. The number of nitrogens with zero attached hydrogens (tertiary/aromatic N) is 2. The van der Waals surface area contributed by atoms with E-state index in [1.54, 1.807) is 6.20 Å². The molecule has 2 heterocycles. The van der Waals surface area contributed by atoms with E-state index in [9.17, 15) is 4.79 Å². The van der Waals surface area contributed by atoms with Crippen molar-refractivity contribution in [1.29, 1.82) is 0 Å². The molecule has 1 aromatic carbocycles. The van der Waals surface area contributed by atoms with E-state index in [4.69, 9.17) is 0 Å². The first-order chi connectivity index (χ1) is 12.8. The van der Waals surface area contributed by atoms with Crippen molar-refractivity contribution in [3.8, 4) is 0 Å². The molecule has 1 amide bonds. The van der Waals surface area contributed by atoms with Gasteiger partial charge in [0.25, 0.3) is 0 Å². The lowest BCUT2D eigenvalue weighted by Gasteiger charge is -2.23. The highest BCUT2D eigenvalue weighted by Crippen LogP contribution is 2.25. The van der Waals surface area contributed by atoms with Gasteiger partial charge in [-0.05, 0) is 43.4 Å². The number of H-pyrrole nitrogens is 1. The lowest BCUT2D eigenvalue weighted by atomic mass is 9.92. The van der Waals surface area contributed by atoms with Crippen LogP contribution in [0.1, 0.15) is 36.6 Å². The summed E-state index contributed by atoms with van der Waals surface area (Å²) in [5.74, 6) is 0.160. The average Bonchev–Trinajstić information content (AvgIpc) is 3.13. The van der Waals surface area contributed by atoms with Gasteiger partial charge in [0, 0.05) is 17.5 Å². The Morgan fingerprint density at radius 1 is 1.19 bits per heavy atom. The fourth-order valence-electron chi connectivity index (χ4n) is 3.53. The van der Waals surface area contributed by atoms with E-state index in [1.165, 1.54) is 5.56 Å². The highest BCUT2D eigenvalue weighted by molar-refractivity contribution is 5.82. The summed E-state index contributed by atoms with van der Waals surface area (Å²) in [6.07, 6.45) is 9.39. The SMILES string of the molecule is O=C(N[C@H](Cc1ccccc1)c1[nH]nc2ncccc12)[C@H]1CC=CCC1. The van der Waals surface area contributed by atoms with Gasteiger partial charge in [0.05, 0.1) is 11.7 Å². The Labute approximate surface area is 152 Å². The molecular formula is C21H22N4O. The summed E-state index contributed by atoms with van der Waals surface area (Å²) < 4.78 is 0. The maximum absolute atomic E-state index is 12.8. The van der Waals surface area contributed by atoms with Crippen LogP contribution >= 0.6 is 0 Å². The van der Waals surface area contributed by atoms with Crippen LogP contribution in [0.5, 0.6) is 0 Å². The van der Waals surface area contributed by atoms with E-state index < -0.39 is 0 Å². The van der Waals surface area contributed by atoms with E-state index in [0.717, 1.165) is 30.3 Å². The Bertz CT molecular complexity index is 916. The normalized spacial score (nSPS) is 17.9. The maximum Gasteiger partial charge on any atom is 0.223 e. The molecule has 5 heteroatoms. The Balaban J connectivity index is 1.63. The van der Waals surface area contributed by atoms with Gasteiger partial charge in [-0.25, -0.2) is 4.98 Å². The minimum atomic E-state index is -0.162. The molecule has 1 aliphatic carbocycles. The zero-order valence-electron chi connectivity index (χ0n) is 14.6. The smallest absolute Gasteiger partial charge is 0.223 e. The molecule has 0 unspecified atom stereocenters. The zero-order valence-corrected chi connectivity index (χ0v) is 14.6. The van der Waals surface area contributed by atoms with Gasteiger partial charge in [-0.15, -0.1) is 0 Å². The second kappa shape index (κ2) is 7.52. The van der Waals surface area contributed by atoms with Gasteiger partial charge in [0.1, 0.15) is 0 Å². The van der Waals surface area contributed by atoms with Gasteiger partial charge in [-0.1, -0.05) is 42.5 Å². The summed E-state index contributed by atoms with van der Waals surface area (Å²) in [5.41, 5.74) is 2.76. The number of nitrogens with one attached hydrogen (secondary N) is 2. The average molecular weight is 346 g/mol. The molecule has 0 spiro atoms. The van der Waals surface area contributed by atoms with Gasteiger partial charge < -0.3 is 5.32 Å². The molecule has 132 valence electrons. The Hall–Kier alpha value is -2.95. The monoisotopic (exact) mass is 346 g/mol. The molecular weight excluding hydrogens is 324 g/mol. The summed E-state index contributed by atoms with van der Waals surface area (Å²) in [5, 5.41) is 11.6.